The van der Waals surface area contributed by atoms with Crippen molar-refractivity contribution >= 4 is 27.5 Å². The monoisotopic (exact) mass is 304 g/mol. The topological polar surface area (TPSA) is 41.1 Å². The third kappa shape index (κ3) is 3.01. The maximum atomic E-state index is 13.0. The molecule has 0 spiro atoms. The first-order valence-corrected chi connectivity index (χ1v) is 5.99. The van der Waals surface area contributed by atoms with Crippen LogP contribution in [0.3, 0.4) is 0 Å². The lowest BCUT2D eigenvalue weighted by Gasteiger charge is -2.11. The van der Waals surface area contributed by atoms with E-state index in [-0.39, 0.29) is 23.3 Å². The van der Waals surface area contributed by atoms with Crippen LogP contribution in [0.5, 0.6) is 0 Å². The molecule has 92 valence electrons. The van der Waals surface area contributed by atoms with Crippen LogP contribution in [0.15, 0.2) is 22.7 Å². The fraction of sp³-hybridized carbons (Fsp3) is 0.364. The number of carbonyl (C=O) groups is 1. The Hall–Kier alpha value is -1.01. The number of rotatable bonds is 2. The maximum absolute atomic E-state index is 13.0. The molecule has 0 radical (unpaired) electrons. The van der Waals surface area contributed by atoms with Crippen LogP contribution < -0.4 is 10.6 Å². The molecule has 17 heavy (non-hydrogen) atoms. The summed E-state index contributed by atoms with van der Waals surface area (Å²) in [6.45, 7) is 0.200. The second-order valence-electron chi connectivity index (χ2n) is 3.91. The highest BCUT2D eigenvalue weighted by atomic mass is 79.9. The molecular formula is C11H11BrF2N2O. The Labute approximate surface area is 106 Å². The van der Waals surface area contributed by atoms with Crippen LogP contribution in [0.4, 0.5) is 14.5 Å². The Bertz CT molecular complexity index is 441. The minimum absolute atomic E-state index is 0.175. The van der Waals surface area contributed by atoms with E-state index in [9.17, 15) is 13.6 Å². The number of nitrogens with one attached hydrogen (secondary N) is 2. The standard InChI is InChI=1S/C11H11BrF2N2O/c12-8-4-7(1-2-9(8)14)16-11(17)10-3-6(13)5-15-10/h1-2,4,6,10,15H,3,5H2,(H,16,17)/t6-,10+/m1/s1. The first-order valence-electron chi connectivity index (χ1n) is 5.19. The lowest BCUT2D eigenvalue weighted by molar-refractivity contribution is -0.117. The Morgan fingerprint density at radius 2 is 2.29 bits per heavy atom. The highest BCUT2D eigenvalue weighted by molar-refractivity contribution is 9.10. The molecule has 1 fully saturated rings. The molecule has 0 saturated carbocycles. The summed E-state index contributed by atoms with van der Waals surface area (Å²) in [6, 6.07) is 3.66. The highest BCUT2D eigenvalue weighted by Crippen LogP contribution is 2.20. The van der Waals surface area contributed by atoms with E-state index in [1.54, 1.807) is 0 Å². The SMILES string of the molecule is O=C(Nc1ccc(F)c(Br)c1)[C@@H]1C[C@@H](F)CN1. The summed E-state index contributed by atoms with van der Waals surface area (Å²) >= 11 is 3.03. The molecule has 1 aromatic carbocycles. The van der Waals surface area contributed by atoms with Gasteiger partial charge >= 0.3 is 0 Å². The van der Waals surface area contributed by atoms with E-state index >= 15 is 0 Å². The average Bonchev–Trinajstić information content (AvgIpc) is 2.70. The number of anilines is 1. The van der Waals surface area contributed by atoms with Crippen molar-refractivity contribution < 1.29 is 13.6 Å². The molecule has 2 rings (SSSR count). The van der Waals surface area contributed by atoms with Crippen molar-refractivity contribution in [2.75, 3.05) is 11.9 Å². The van der Waals surface area contributed by atoms with E-state index < -0.39 is 18.0 Å². The van der Waals surface area contributed by atoms with Crippen molar-refractivity contribution in [2.45, 2.75) is 18.6 Å². The molecule has 2 N–H and O–H groups in total. The van der Waals surface area contributed by atoms with Gasteiger partial charge in [0.25, 0.3) is 0 Å². The van der Waals surface area contributed by atoms with E-state index in [1.807, 2.05) is 0 Å². The quantitative estimate of drug-likeness (QED) is 0.880. The molecule has 1 saturated heterocycles. The largest absolute Gasteiger partial charge is 0.325 e. The van der Waals surface area contributed by atoms with Gasteiger partial charge in [-0.05, 0) is 34.1 Å². The lowest BCUT2D eigenvalue weighted by Crippen LogP contribution is -2.35. The van der Waals surface area contributed by atoms with Gasteiger partial charge in [0.15, 0.2) is 0 Å². The molecule has 0 bridgehead atoms. The molecule has 1 aromatic rings. The zero-order chi connectivity index (χ0) is 12.4. The molecular weight excluding hydrogens is 294 g/mol. The first kappa shape index (κ1) is 12.4. The van der Waals surface area contributed by atoms with Gasteiger partial charge in [0.1, 0.15) is 12.0 Å². The molecule has 2 atom stereocenters. The number of amides is 1. The van der Waals surface area contributed by atoms with E-state index in [0.29, 0.717) is 5.69 Å². The molecule has 3 nitrogen and oxygen atoms in total. The summed E-state index contributed by atoms with van der Waals surface area (Å²) in [5.74, 6) is -0.700. The maximum Gasteiger partial charge on any atom is 0.241 e. The Morgan fingerprint density at radius 1 is 1.53 bits per heavy atom. The van der Waals surface area contributed by atoms with Gasteiger partial charge in [-0.2, -0.15) is 0 Å². The van der Waals surface area contributed by atoms with Gasteiger partial charge in [-0.15, -0.1) is 0 Å². The van der Waals surface area contributed by atoms with Crippen molar-refractivity contribution in [3.05, 3.63) is 28.5 Å². The van der Waals surface area contributed by atoms with E-state index in [1.165, 1.54) is 18.2 Å². The summed E-state index contributed by atoms with van der Waals surface area (Å²) in [5.41, 5.74) is 0.479. The van der Waals surface area contributed by atoms with Gasteiger partial charge < -0.3 is 10.6 Å². The molecule has 1 amide bonds. The van der Waals surface area contributed by atoms with Gasteiger partial charge in [0, 0.05) is 18.7 Å². The fourth-order valence-corrected chi connectivity index (χ4v) is 2.07. The van der Waals surface area contributed by atoms with Gasteiger partial charge in [-0.1, -0.05) is 0 Å². The van der Waals surface area contributed by atoms with Crippen LogP contribution in [-0.2, 0) is 4.79 Å². The minimum Gasteiger partial charge on any atom is -0.325 e. The van der Waals surface area contributed by atoms with Crippen LogP contribution in [-0.4, -0.2) is 24.7 Å². The van der Waals surface area contributed by atoms with Crippen LogP contribution in [0, 0.1) is 5.82 Å². The predicted octanol–water partition coefficient (Wildman–Crippen LogP) is 2.23. The molecule has 0 aromatic heterocycles. The van der Waals surface area contributed by atoms with Crippen molar-refractivity contribution in [1.29, 1.82) is 0 Å². The van der Waals surface area contributed by atoms with Crippen molar-refractivity contribution in [2.24, 2.45) is 0 Å². The summed E-state index contributed by atoms with van der Waals surface area (Å²) < 4.78 is 26.1. The lowest BCUT2D eigenvalue weighted by atomic mass is 10.2. The number of hydrogen-bond acceptors (Lipinski definition) is 2. The number of hydrogen-bond donors (Lipinski definition) is 2. The third-order valence-electron chi connectivity index (χ3n) is 2.58. The van der Waals surface area contributed by atoms with Crippen molar-refractivity contribution in [1.82, 2.24) is 5.32 Å². The number of halogens is 3. The molecule has 1 aliphatic rings. The van der Waals surface area contributed by atoms with Gasteiger partial charge in [0.2, 0.25) is 5.91 Å². The average molecular weight is 305 g/mol. The molecule has 6 heteroatoms. The van der Waals surface area contributed by atoms with Crippen molar-refractivity contribution in [3.8, 4) is 0 Å². The second kappa shape index (κ2) is 5.10. The molecule has 1 heterocycles. The van der Waals surface area contributed by atoms with Crippen LogP contribution in [0.25, 0.3) is 0 Å². The summed E-state index contributed by atoms with van der Waals surface area (Å²) in [4.78, 5) is 11.7. The van der Waals surface area contributed by atoms with E-state index in [0.717, 1.165) is 0 Å². The minimum atomic E-state index is -0.981. The zero-order valence-electron chi connectivity index (χ0n) is 8.84. The zero-order valence-corrected chi connectivity index (χ0v) is 10.4. The summed E-state index contributed by atoms with van der Waals surface area (Å²) in [7, 11) is 0. The van der Waals surface area contributed by atoms with Crippen LogP contribution >= 0.6 is 15.9 Å². The van der Waals surface area contributed by atoms with Crippen LogP contribution in [0.2, 0.25) is 0 Å². The molecule has 1 aliphatic heterocycles. The van der Waals surface area contributed by atoms with Gasteiger partial charge in [0.05, 0.1) is 10.5 Å². The molecule has 0 aliphatic carbocycles. The first-order chi connectivity index (χ1) is 8.06. The number of alkyl halides is 1. The number of carbonyl (C=O) groups excluding carboxylic acids is 1. The normalized spacial score (nSPS) is 23.7. The Morgan fingerprint density at radius 3 is 2.88 bits per heavy atom. The van der Waals surface area contributed by atoms with Crippen LogP contribution in [0.1, 0.15) is 6.42 Å². The predicted molar refractivity (Wildman–Crippen MR) is 64.0 cm³/mol. The van der Waals surface area contributed by atoms with E-state index in [2.05, 4.69) is 26.6 Å². The molecule has 0 unspecified atom stereocenters. The fourth-order valence-electron chi connectivity index (χ4n) is 1.70. The second-order valence-corrected chi connectivity index (χ2v) is 4.77. The Kier molecular flexibility index (Phi) is 3.73. The summed E-state index contributed by atoms with van der Waals surface area (Å²) in [6.07, 6.45) is -0.806. The Balaban J connectivity index is 2.00. The smallest absolute Gasteiger partial charge is 0.241 e. The summed E-state index contributed by atoms with van der Waals surface area (Å²) in [5, 5.41) is 5.39. The van der Waals surface area contributed by atoms with Crippen molar-refractivity contribution in [3.63, 3.8) is 0 Å². The van der Waals surface area contributed by atoms with E-state index in [4.69, 9.17) is 0 Å². The number of benzene rings is 1. The third-order valence-corrected chi connectivity index (χ3v) is 3.19. The highest BCUT2D eigenvalue weighted by Gasteiger charge is 2.29. The van der Waals surface area contributed by atoms with Gasteiger partial charge in [-0.25, -0.2) is 8.78 Å². The van der Waals surface area contributed by atoms with Gasteiger partial charge in [-0.3, -0.25) is 4.79 Å².